The predicted octanol–water partition coefficient (Wildman–Crippen LogP) is 2.00. The lowest BCUT2D eigenvalue weighted by atomic mass is 9.98. The molecule has 6 heteroatoms. The molecule has 0 aromatic heterocycles. The van der Waals surface area contributed by atoms with Crippen molar-refractivity contribution in [3.63, 3.8) is 0 Å². The van der Waals surface area contributed by atoms with Gasteiger partial charge in [0, 0.05) is 25.7 Å². The van der Waals surface area contributed by atoms with Crippen LogP contribution in [0.2, 0.25) is 0 Å². The van der Waals surface area contributed by atoms with Crippen molar-refractivity contribution in [2.75, 3.05) is 26.2 Å². The summed E-state index contributed by atoms with van der Waals surface area (Å²) in [5.74, 6) is 0.790. The molecule has 0 radical (unpaired) electrons. The fourth-order valence-electron chi connectivity index (χ4n) is 3.59. The monoisotopic (exact) mass is 351 g/mol. The molecule has 2 aliphatic heterocycles. The van der Waals surface area contributed by atoms with Gasteiger partial charge in [0.2, 0.25) is 0 Å². The highest BCUT2D eigenvalue weighted by Gasteiger charge is 2.28. The quantitative estimate of drug-likeness (QED) is 0.883. The van der Waals surface area contributed by atoms with Crippen LogP contribution >= 0.6 is 0 Å². The highest BCUT2D eigenvalue weighted by Crippen LogP contribution is 2.21. The molecule has 2 aliphatic rings. The topological polar surface area (TPSA) is 52.7 Å². The van der Waals surface area contributed by atoms with Gasteiger partial charge in [-0.1, -0.05) is 31.2 Å². The van der Waals surface area contributed by atoms with Crippen LogP contribution < -0.4 is 4.72 Å². The molecule has 1 atom stereocenters. The number of piperidine rings is 1. The lowest BCUT2D eigenvalue weighted by Crippen LogP contribution is -2.49. The molecule has 3 rings (SSSR count). The normalized spacial score (nSPS) is 22.2. The summed E-state index contributed by atoms with van der Waals surface area (Å²) >= 11 is 0. The molecule has 1 unspecified atom stereocenters. The molecule has 5 nitrogen and oxygen atoms in total. The Labute approximate surface area is 146 Å². The number of benzene rings is 1. The van der Waals surface area contributed by atoms with Gasteiger partial charge >= 0.3 is 0 Å². The van der Waals surface area contributed by atoms with Gasteiger partial charge in [-0.3, -0.25) is 4.90 Å². The average molecular weight is 352 g/mol. The minimum Gasteiger partial charge on any atom is -0.299 e. The highest BCUT2D eigenvalue weighted by atomic mass is 32.2. The summed E-state index contributed by atoms with van der Waals surface area (Å²) < 4.78 is 29.7. The van der Waals surface area contributed by atoms with Crippen molar-refractivity contribution in [1.82, 2.24) is 13.9 Å². The second-order valence-corrected chi connectivity index (χ2v) is 9.03. The highest BCUT2D eigenvalue weighted by molar-refractivity contribution is 7.87. The molecule has 0 spiro atoms. The zero-order valence-corrected chi connectivity index (χ0v) is 15.6. The standard InChI is InChI=1S/C18H29N3O2S/c1-15-7-10-20(11-8-15)16(2)13-19-24(22,23)21-12-9-17-5-3-4-6-18(17)14-21/h3-6,15-16,19H,7-14H2,1-2H3. The van der Waals surface area contributed by atoms with Gasteiger partial charge in [0.05, 0.1) is 0 Å². The van der Waals surface area contributed by atoms with E-state index in [4.69, 9.17) is 0 Å². The van der Waals surface area contributed by atoms with E-state index in [0.717, 1.165) is 31.0 Å². The molecule has 2 heterocycles. The molecule has 0 bridgehead atoms. The minimum absolute atomic E-state index is 0.240. The van der Waals surface area contributed by atoms with Crippen LogP contribution in [-0.4, -0.2) is 49.8 Å². The van der Waals surface area contributed by atoms with Crippen LogP contribution in [0.15, 0.2) is 24.3 Å². The third-order valence-corrected chi connectivity index (χ3v) is 6.96. The summed E-state index contributed by atoms with van der Waals surface area (Å²) in [6.45, 7) is 8.06. The minimum atomic E-state index is -3.41. The molecule has 1 N–H and O–H groups in total. The van der Waals surface area contributed by atoms with Gasteiger partial charge in [-0.05, 0) is 56.3 Å². The molecular formula is C18H29N3O2S. The maximum absolute atomic E-state index is 12.6. The van der Waals surface area contributed by atoms with E-state index in [2.05, 4.69) is 29.5 Å². The maximum atomic E-state index is 12.6. The Hall–Kier alpha value is -0.950. The van der Waals surface area contributed by atoms with E-state index in [1.807, 2.05) is 18.2 Å². The first-order valence-electron chi connectivity index (χ1n) is 9.01. The van der Waals surface area contributed by atoms with Crippen molar-refractivity contribution in [2.24, 2.45) is 5.92 Å². The summed E-state index contributed by atoms with van der Waals surface area (Å²) in [7, 11) is -3.41. The number of nitrogens with one attached hydrogen (secondary N) is 1. The van der Waals surface area contributed by atoms with E-state index in [0.29, 0.717) is 19.6 Å². The molecule has 1 fully saturated rings. The van der Waals surface area contributed by atoms with Gasteiger partial charge in [0.1, 0.15) is 0 Å². The number of hydrogen-bond donors (Lipinski definition) is 1. The SMILES string of the molecule is CC1CCN(C(C)CNS(=O)(=O)N2CCc3ccccc3C2)CC1. The van der Waals surface area contributed by atoms with E-state index in [9.17, 15) is 8.42 Å². The van der Waals surface area contributed by atoms with Crippen molar-refractivity contribution in [3.8, 4) is 0 Å². The molecule has 1 aromatic carbocycles. The second-order valence-electron chi connectivity index (χ2n) is 7.27. The van der Waals surface area contributed by atoms with Gasteiger partial charge in [0.15, 0.2) is 0 Å². The predicted molar refractivity (Wildman–Crippen MR) is 96.9 cm³/mol. The number of rotatable bonds is 5. The van der Waals surface area contributed by atoms with E-state index in [1.165, 1.54) is 18.4 Å². The Kier molecular flexibility index (Phi) is 5.59. The van der Waals surface area contributed by atoms with E-state index >= 15 is 0 Å². The number of fused-ring (bicyclic) bond motifs is 1. The Morgan fingerprint density at radius 3 is 2.54 bits per heavy atom. The van der Waals surface area contributed by atoms with Crippen LogP contribution in [0.25, 0.3) is 0 Å². The van der Waals surface area contributed by atoms with Gasteiger partial charge < -0.3 is 0 Å². The summed E-state index contributed by atoms with van der Waals surface area (Å²) in [6.07, 6.45) is 3.21. The average Bonchev–Trinajstić information content (AvgIpc) is 2.60. The van der Waals surface area contributed by atoms with Crippen LogP contribution in [0, 0.1) is 5.92 Å². The Morgan fingerprint density at radius 1 is 1.17 bits per heavy atom. The van der Waals surface area contributed by atoms with E-state index < -0.39 is 10.2 Å². The summed E-state index contributed by atoms with van der Waals surface area (Å²) in [6, 6.07) is 8.34. The number of hydrogen-bond acceptors (Lipinski definition) is 3. The van der Waals surface area contributed by atoms with Gasteiger partial charge in [-0.15, -0.1) is 0 Å². The van der Waals surface area contributed by atoms with Crippen LogP contribution in [-0.2, 0) is 23.2 Å². The zero-order chi connectivity index (χ0) is 17.2. The first-order valence-corrected chi connectivity index (χ1v) is 10.5. The van der Waals surface area contributed by atoms with Gasteiger partial charge in [0.25, 0.3) is 10.2 Å². The smallest absolute Gasteiger partial charge is 0.279 e. The Bertz CT molecular complexity index is 654. The van der Waals surface area contributed by atoms with Crippen molar-refractivity contribution in [2.45, 2.75) is 45.7 Å². The fraction of sp³-hybridized carbons (Fsp3) is 0.667. The summed E-state index contributed by atoms with van der Waals surface area (Å²) in [5, 5.41) is 0. The summed E-state index contributed by atoms with van der Waals surface area (Å²) in [5.41, 5.74) is 2.38. The third kappa shape index (κ3) is 4.17. The van der Waals surface area contributed by atoms with Crippen molar-refractivity contribution in [3.05, 3.63) is 35.4 Å². The lowest BCUT2D eigenvalue weighted by Gasteiger charge is -2.35. The molecule has 0 saturated carbocycles. The fourth-order valence-corrected chi connectivity index (χ4v) is 4.87. The molecule has 24 heavy (non-hydrogen) atoms. The first-order chi connectivity index (χ1) is 11.5. The largest absolute Gasteiger partial charge is 0.299 e. The maximum Gasteiger partial charge on any atom is 0.279 e. The number of likely N-dealkylation sites (tertiary alicyclic amines) is 1. The molecule has 134 valence electrons. The zero-order valence-electron chi connectivity index (χ0n) is 14.7. The Morgan fingerprint density at radius 2 is 1.83 bits per heavy atom. The molecule has 0 amide bonds. The third-order valence-electron chi connectivity index (χ3n) is 5.44. The first kappa shape index (κ1) is 17.9. The Balaban J connectivity index is 1.55. The summed E-state index contributed by atoms with van der Waals surface area (Å²) in [4.78, 5) is 2.40. The van der Waals surface area contributed by atoms with Crippen LogP contribution in [0.4, 0.5) is 0 Å². The van der Waals surface area contributed by atoms with Crippen LogP contribution in [0.3, 0.4) is 0 Å². The van der Waals surface area contributed by atoms with Crippen molar-refractivity contribution in [1.29, 1.82) is 0 Å². The number of nitrogens with zero attached hydrogens (tertiary/aromatic N) is 2. The van der Waals surface area contributed by atoms with Crippen LogP contribution in [0.5, 0.6) is 0 Å². The van der Waals surface area contributed by atoms with Gasteiger partial charge in [-0.2, -0.15) is 12.7 Å². The van der Waals surface area contributed by atoms with Crippen molar-refractivity contribution < 1.29 is 8.42 Å². The molecule has 1 saturated heterocycles. The van der Waals surface area contributed by atoms with Crippen LogP contribution in [0.1, 0.15) is 37.8 Å². The van der Waals surface area contributed by atoms with E-state index in [-0.39, 0.29) is 6.04 Å². The van der Waals surface area contributed by atoms with E-state index in [1.54, 1.807) is 4.31 Å². The van der Waals surface area contributed by atoms with Gasteiger partial charge in [-0.25, -0.2) is 4.72 Å². The lowest BCUT2D eigenvalue weighted by molar-refractivity contribution is 0.148. The molecule has 1 aromatic rings. The van der Waals surface area contributed by atoms with Crippen molar-refractivity contribution >= 4 is 10.2 Å². The second kappa shape index (κ2) is 7.52. The molecular weight excluding hydrogens is 322 g/mol. The molecule has 0 aliphatic carbocycles.